The molecular formula is C15H21N2O3+. The van der Waals surface area contributed by atoms with Gasteiger partial charge >= 0.3 is 0 Å². The highest BCUT2D eigenvalue weighted by molar-refractivity contribution is 6.52. The van der Waals surface area contributed by atoms with E-state index in [1.54, 1.807) is 30.2 Å². The summed E-state index contributed by atoms with van der Waals surface area (Å²) in [7, 11) is 1.55. The van der Waals surface area contributed by atoms with Crippen molar-refractivity contribution in [3.63, 3.8) is 0 Å². The van der Waals surface area contributed by atoms with E-state index in [2.05, 4.69) is 13.8 Å². The number of ether oxygens (including phenoxy) is 1. The number of nitrogens with zero attached hydrogens (tertiary/aromatic N) is 1. The third-order valence-electron chi connectivity index (χ3n) is 3.87. The van der Waals surface area contributed by atoms with E-state index in [-0.39, 0.29) is 0 Å². The van der Waals surface area contributed by atoms with Gasteiger partial charge in [0.25, 0.3) is 11.7 Å². The maximum absolute atomic E-state index is 12.1. The summed E-state index contributed by atoms with van der Waals surface area (Å²) in [6.07, 6.45) is 0. The molecule has 1 N–H and O–H groups in total. The SMILES string of the molecule is CC[NH+](CC)CCN1C(=O)C(=O)c2cc(OC)ccc21. The van der Waals surface area contributed by atoms with Crippen LogP contribution in [0.3, 0.4) is 0 Å². The molecule has 5 nitrogen and oxygen atoms in total. The van der Waals surface area contributed by atoms with Crippen LogP contribution in [0.25, 0.3) is 0 Å². The Kier molecular flexibility index (Phi) is 4.39. The van der Waals surface area contributed by atoms with Gasteiger partial charge in [0.2, 0.25) is 0 Å². The van der Waals surface area contributed by atoms with Crippen LogP contribution in [-0.2, 0) is 4.79 Å². The predicted octanol–water partition coefficient (Wildman–Crippen LogP) is 0.149. The molecule has 1 aliphatic rings. The Morgan fingerprint density at radius 3 is 2.50 bits per heavy atom. The fourth-order valence-electron chi connectivity index (χ4n) is 2.50. The standard InChI is InChI=1S/C15H20N2O3/c1-4-16(5-2)8-9-17-13-7-6-11(20-3)10-12(13)14(18)15(17)19/h6-7,10H,4-5,8-9H2,1-3H3/p+1. The van der Waals surface area contributed by atoms with Crippen LogP contribution in [0.4, 0.5) is 5.69 Å². The number of benzene rings is 1. The Bertz CT molecular complexity index is 524. The molecule has 20 heavy (non-hydrogen) atoms. The number of hydrogen-bond acceptors (Lipinski definition) is 3. The van der Waals surface area contributed by atoms with E-state index >= 15 is 0 Å². The second kappa shape index (κ2) is 6.05. The largest absolute Gasteiger partial charge is 0.497 e. The first-order valence-electron chi connectivity index (χ1n) is 7.00. The molecule has 0 radical (unpaired) electrons. The molecular weight excluding hydrogens is 256 g/mol. The summed E-state index contributed by atoms with van der Waals surface area (Å²) in [5.41, 5.74) is 1.15. The van der Waals surface area contributed by atoms with Crippen molar-refractivity contribution in [1.29, 1.82) is 0 Å². The zero-order valence-corrected chi connectivity index (χ0v) is 12.2. The maximum atomic E-state index is 12.1. The highest BCUT2D eigenvalue weighted by Crippen LogP contribution is 2.31. The fraction of sp³-hybridized carbons (Fsp3) is 0.467. The van der Waals surface area contributed by atoms with Crippen LogP contribution >= 0.6 is 0 Å². The number of carbonyl (C=O) groups excluding carboxylic acids is 2. The Labute approximate surface area is 119 Å². The second-order valence-corrected chi connectivity index (χ2v) is 4.88. The molecule has 0 fully saturated rings. The first-order chi connectivity index (χ1) is 9.62. The van der Waals surface area contributed by atoms with Gasteiger partial charge in [-0.05, 0) is 32.0 Å². The maximum Gasteiger partial charge on any atom is 0.299 e. The van der Waals surface area contributed by atoms with Gasteiger partial charge in [-0.2, -0.15) is 0 Å². The summed E-state index contributed by atoms with van der Waals surface area (Å²) in [5.74, 6) is -0.269. The minimum absolute atomic E-state index is 0.431. The number of Topliss-reactive ketones (excluding diaryl/α,β-unsaturated/α-hetero) is 1. The molecule has 0 atom stereocenters. The monoisotopic (exact) mass is 277 g/mol. The van der Waals surface area contributed by atoms with E-state index in [1.807, 2.05) is 0 Å². The minimum atomic E-state index is -0.437. The van der Waals surface area contributed by atoms with Crippen LogP contribution in [-0.4, -0.2) is 45.0 Å². The van der Waals surface area contributed by atoms with Gasteiger partial charge in [-0.15, -0.1) is 0 Å². The van der Waals surface area contributed by atoms with Gasteiger partial charge in [0.1, 0.15) is 5.75 Å². The third kappa shape index (κ3) is 2.54. The Hall–Kier alpha value is -1.88. The van der Waals surface area contributed by atoms with Crippen molar-refractivity contribution < 1.29 is 19.2 Å². The lowest BCUT2D eigenvalue weighted by Crippen LogP contribution is -3.12. The van der Waals surface area contributed by atoms with Gasteiger partial charge in [-0.1, -0.05) is 0 Å². The molecule has 0 spiro atoms. The van der Waals surface area contributed by atoms with Crippen LogP contribution in [0.15, 0.2) is 18.2 Å². The molecule has 0 aliphatic carbocycles. The number of likely N-dealkylation sites (N-methyl/N-ethyl adjacent to an activating group) is 1. The number of quaternary nitrogens is 1. The summed E-state index contributed by atoms with van der Waals surface area (Å²) in [4.78, 5) is 27.1. The number of hydrogen-bond donors (Lipinski definition) is 1. The molecule has 1 aliphatic heterocycles. The van der Waals surface area contributed by atoms with Crippen molar-refractivity contribution in [3.05, 3.63) is 23.8 Å². The Balaban J connectivity index is 2.20. The number of fused-ring (bicyclic) bond motifs is 1. The van der Waals surface area contributed by atoms with Crippen LogP contribution in [0.2, 0.25) is 0 Å². The zero-order chi connectivity index (χ0) is 14.7. The first kappa shape index (κ1) is 14.5. The lowest BCUT2D eigenvalue weighted by molar-refractivity contribution is -0.894. The number of amides is 1. The molecule has 1 amide bonds. The van der Waals surface area contributed by atoms with Crippen LogP contribution in [0.1, 0.15) is 24.2 Å². The fourth-order valence-corrected chi connectivity index (χ4v) is 2.50. The number of ketones is 1. The molecule has 0 bridgehead atoms. The van der Waals surface area contributed by atoms with Gasteiger partial charge < -0.3 is 9.64 Å². The van der Waals surface area contributed by atoms with Crippen molar-refractivity contribution >= 4 is 17.4 Å². The molecule has 5 heteroatoms. The second-order valence-electron chi connectivity index (χ2n) is 4.88. The number of anilines is 1. The topological polar surface area (TPSA) is 51.0 Å². The van der Waals surface area contributed by atoms with E-state index in [0.717, 1.165) is 19.6 Å². The van der Waals surface area contributed by atoms with Gasteiger partial charge in [0.15, 0.2) is 0 Å². The number of rotatable bonds is 6. The summed E-state index contributed by atoms with van der Waals surface area (Å²) in [6, 6.07) is 5.20. The summed E-state index contributed by atoms with van der Waals surface area (Å²) < 4.78 is 5.11. The van der Waals surface area contributed by atoms with Crippen molar-refractivity contribution in [2.75, 3.05) is 38.2 Å². The Morgan fingerprint density at radius 1 is 1.20 bits per heavy atom. The smallest absolute Gasteiger partial charge is 0.299 e. The van der Waals surface area contributed by atoms with Gasteiger partial charge in [0, 0.05) is 0 Å². The van der Waals surface area contributed by atoms with Crippen LogP contribution in [0, 0.1) is 0 Å². The highest BCUT2D eigenvalue weighted by atomic mass is 16.5. The van der Waals surface area contributed by atoms with Crippen molar-refractivity contribution in [2.45, 2.75) is 13.8 Å². The van der Waals surface area contributed by atoms with E-state index in [1.165, 1.54) is 4.90 Å². The first-order valence-corrected chi connectivity index (χ1v) is 7.00. The molecule has 0 saturated carbocycles. The normalized spacial score (nSPS) is 14.1. The Morgan fingerprint density at radius 2 is 1.90 bits per heavy atom. The summed E-state index contributed by atoms with van der Waals surface area (Å²) >= 11 is 0. The minimum Gasteiger partial charge on any atom is -0.497 e. The number of carbonyl (C=O) groups is 2. The van der Waals surface area contributed by atoms with E-state index in [9.17, 15) is 9.59 Å². The lowest BCUT2D eigenvalue weighted by atomic mass is 10.1. The molecule has 1 heterocycles. The average Bonchev–Trinajstić information content (AvgIpc) is 2.72. The summed E-state index contributed by atoms with van der Waals surface area (Å²) in [5, 5.41) is 0. The third-order valence-corrected chi connectivity index (χ3v) is 3.87. The molecule has 1 aromatic rings. The zero-order valence-electron chi connectivity index (χ0n) is 12.2. The summed E-state index contributed by atoms with van der Waals surface area (Å²) in [6.45, 7) is 7.69. The lowest BCUT2D eigenvalue weighted by Gasteiger charge is -2.21. The van der Waals surface area contributed by atoms with Crippen LogP contribution < -0.4 is 14.5 Å². The van der Waals surface area contributed by atoms with Gasteiger partial charge in [-0.25, -0.2) is 0 Å². The van der Waals surface area contributed by atoms with Gasteiger partial charge in [-0.3, -0.25) is 14.5 Å². The van der Waals surface area contributed by atoms with E-state index < -0.39 is 11.7 Å². The van der Waals surface area contributed by atoms with E-state index in [0.29, 0.717) is 23.5 Å². The molecule has 1 aromatic carbocycles. The highest BCUT2D eigenvalue weighted by Gasteiger charge is 2.36. The van der Waals surface area contributed by atoms with Crippen molar-refractivity contribution in [2.24, 2.45) is 0 Å². The number of nitrogens with one attached hydrogen (secondary N) is 1. The molecule has 0 saturated heterocycles. The van der Waals surface area contributed by atoms with Crippen LogP contribution in [0.5, 0.6) is 5.75 Å². The molecule has 0 unspecified atom stereocenters. The molecule has 2 rings (SSSR count). The predicted molar refractivity (Wildman–Crippen MR) is 76.6 cm³/mol. The molecule has 108 valence electrons. The quantitative estimate of drug-likeness (QED) is 0.753. The molecule has 0 aromatic heterocycles. The van der Waals surface area contributed by atoms with E-state index in [4.69, 9.17) is 4.74 Å². The van der Waals surface area contributed by atoms with Crippen molar-refractivity contribution in [3.8, 4) is 5.75 Å². The van der Waals surface area contributed by atoms with Gasteiger partial charge in [0.05, 0.1) is 44.5 Å². The van der Waals surface area contributed by atoms with Crippen molar-refractivity contribution in [1.82, 2.24) is 0 Å². The average molecular weight is 277 g/mol. The number of methoxy groups -OCH3 is 1.